The van der Waals surface area contributed by atoms with E-state index in [-0.39, 0.29) is 25.7 Å². The number of rotatable bonds is 73. The van der Waals surface area contributed by atoms with Gasteiger partial charge in [0.1, 0.15) is 19.3 Å². The third kappa shape index (κ3) is 67.4. The second-order valence-electron chi connectivity index (χ2n) is 28.0. The second kappa shape index (κ2) is 67.1. The fraction of sp³-hybridized carbons (Fsp3) is 0.896. The summed E-state index contributed by atoms with van der Waals surface area (Å²) in [4.78, 5) is 72.8. The van der Waals surface area contributed by atoms with Crippen molar-refractivity contribution >= 4 is 39.5 Å². The fourth-order valence-electron chi connectivity index (χ4n) is 11.2. The first kappa shape index (κ1) is 93.5. The summed E-state index contributed by atoms with van der Waals surface area (Å²) in [6.45, 7) is 11.8. The number of unbranched alkanes of at least 4 members (excludes halogenated alkanes) is 36. The van der Waals surface area contributed by atoms with Crippen LogP contribution in [0.1, 0.15) is 370 Å². The van der Waals surface area contributed by atoms with E-state index < -0.39 is 97.5 Å². The lowest BCUT2D eigenvalue weighted by Crippen LogP contribution is -2.30. The van der Waals surface area contributed by atoms with Crippen LogP contribution in [0.4, 0.5) is 0 Å². The van der Waals surface area contributed by atoms with Crippen molar-refractivity contribution in [1.29, 1.82) is 0 Å². The van der Waals surface area contributed by atoms with Gasteiger partial charge in [0.2, 0.25) is 0 Å². The van der Waals surface area contributed by atoms with Gasteiger partial charge in [-0.1, -0.05) is 317 Å². The molecule has 0 aliphatic carbocycles. The zero-order valence-corrected chi connectivity index (χ0v) is 64.1. The van der Waals surface area contributed by atoms with Gasteiger partial charge in [-0.05, 0) is 69.1 Å². The Hall–Kier alpha value is -2.46. The van der Waals surface area contributed by atoms with Crippen molar-refractivity contribution in [2.75, 3.05) is 39.6 Å². The molecule has 19 heteroatoms. The fourth-order valence-corrected chi connectivity index (χ4v) is 12.8. The molecule has 566 valence electrons. The van der Waals surface area contributed by atoms with Crippen molar-refractivity contribution in [3.63, 3.8) is 0 Å². The molecule has 0 aromatic rings. The van der Waals surface area contributed by atoms with E-state index in [0.29, 0.717) is 25.7 Å². The molecule has 96 heavy (non-hydrogen) atoms. The molecule has 0 saturated carbocycles. The maximum absolute atomic E-state index is 13.1. The number of hydrogen-bond donors (Lipinski definition) is 3. The van der Waals surface area contributed by atoms with Crippen LogP contribution >= 0.6 is 15.6 Å². The normalized spacial score (nSPS) is 14.8. The Balaban J connectivity index is 5.30. The van der Waals surface area contributed by atoms with Crippen LogP contribution in [0.3, 0.4) is 0 Å². The summed E-state index contributed by atoms with van der Waals surface area (Å²) in [7, 11) is -9.93. The van der Waals surface area contributed by atoms with Crippen molar-refractivity contribution in [3.8, 4) is 0 Å². The number of phosphoric ester groups is 2. The van der Waals surface area contributed by atoms with Crippen molar-refractivity contribution in [2.24, 2.45) is 17.8 Å². The monoisotopic (exact) mass is 1410 g/mol. The van der Waals surface area contributed by atoms with Crippen LogP contribution < -0.4 is 0 Å². The lowest BCUT2D eigenvalue weighted by molar-refractivity contribution is -0.161. The van der Waals surface area contributed by atoms with Crippen molar-refractivity contribution in [3.05, 3.63) is 24.3 Å². The molecule has 0 radical (unpaired) electrons. The largest absolute Gasteiger partial charge is 0.472 e. The van der Waals surface area contributed by atoms with Gasteiger partial charge in [0.05, 0.1) is 26.4 Å². The molecule has 7 atom stereocenters. The van der Waals surface area contributed by atoms with Gasteiger partial charge < -0.3 is 33.8 Å². The quantitative estimate of drug-likeness (QED) is 0.0169. The number of aliphatic hydroxyl groups is 1. The minimum atomic E-state index is -4.97. The highest BCUT2D eigenvalue weighted by Gasteiger charge is 2.30. The third-order valence-electron chi connectivity index (χ3n) is 18.0. The van der Waals surface area contributed by atoms with Gasteiger partial charge in [0.25, 0.3) is 0 Å². The summed E-state index contributed by atoms with van der Waals surface area (Å²) in [6, 6.07) is 0. The minimum Gasteiger partial charge on any atom is -0.462 e. The molecule has 0 aliphatic rings. The average Bonchev–Trinajstić information content (AvgIpc) is 1.15. The Morgan fingerprint density at radius 1 is 0.344 bits per heavy atom. The molecule has 0 amide bonds. The average molecular weight is 1410 g/mol. The summed E-state index contributed by atoms with van der Waals surface area (Å²) in [6.07, 6.45) is 56.2. The smallest absolute Gasteiger partial charge is 0.462 e. The van der Waals surface area contributed by atoms with Crippen molar-refractivity contribution < 1.29 is 80.2 Å². The van der Waals surface area contributed by atoms with Gasteiger partial charge >= 0.3 is 39.5 Å². The molecule has 0 bridgehead atoms. The Labute approximate surface area is 586 Å². The van der Waals surface area contributed by atoms with E-state index in [1.807, 2.05) is 0 Å². The summed E-state index contributed by atoms with van der Waals surface area (Å²) < 4.78 is 68.5. The highest BCUT2D eigenvalue weighted by atomic mass is 31.2. The summed E-state index contributed by atoms with van der Waals surface area (Å²) in [5.41, 5.74) is 0. The number of hydrogen-bond acceptors (Lipinski definition) is 15. The lowest BCUT2D eigenvalue weighted by atomic mass is 9.99. The van der Waals surface area contributed by atoms with Gasteiger partial charge in [0.15, 0.2) is 12.2 Å². The molecule has 4 unspecified atom stereocenters. The molecule has 0 aromatic heterocycles. The Bertz CT molecular complexity index is 1970. The summed E-state index contributed by atoms with van der Waals surface area (Å²) in [5, 5.41) is 10.6. The summed E-state index contributed by atoms with van der Waals surface area (Å²) in [5.74, 6) is 0.176. The number of carbonyl (C=O) groups excluding carboxylic acids is 4. The van der Waals surface area contributed by atoms with Gasteiger partial charge in [-0.25, -0.2) is 9.13 Å². The third-order valence-corrected chi connectivity index (χ3v) is 19.9. The molecule has 0 aliphatic heterocycles. The number of carbonyl (C=O) groups is 4. The molecule has 3 N–H and O–H groups in total. The highest BCUT2D eigenvalue weighted by molar-refractivity contribution is 7.47. The first-order valence-corrected chi connectivity index (χ1v) is 42.2. The molecule has 0 rings (SSSR count). The molecule has 0 saturated heterocycles. The zero-order chi connectivity index (χ0) is 70.9. The first-order valence-electron chi connectivity index (χ1n) is 39.2. The Kier molecular flexibility index (Phi) is 65.3. The van der Waals surface area contributed by atoms with E-state index in [0.717, 1.165) is 133 Å². The van der Waals surface area contributed by atoms with Gasteiger partial charge in [0, 0.05) is 25.7 Å². The zero-order valence-electron chi connectivity index (χ0n) is 62.3. The van der Waals surface area contributed by atoms with Crippen LogP contribution in [0.5, 0.6) is 0 Å². The second-order valence-corrected chi connectivity index (χ2v) is 30.9. The van der Waals surface area contributed by atoms with E-state index in [2.05, 4.69) is 72.8 Å². The van der Waals surface area contributed by atoms with Crippen LogP contribution in [0.25, 0.3) is 0 Å². The van der Waals surface area contributed by atoms with E-state index in [1.54, 1.807) is 0 Å². The number of esters is 4. The number of allylic oxidation sites excluding steroid dienone is 4. The Morgan fingerprint density at radius 2 is 0.615 bits per heavy atom. The predicted octanol–water partition coefficient (Wildman–Crippen LogP) is 22.1. The summed E-state index contributed by atoms with van der Waals surface area (Å²) >= 11 is 0. The lowest BCUT2D eigenvalue weighted by Gasteiger charge is -2.21. The number of aliphatic hydroxyl groups excluding tert-OH is 1. The molecule has 0 fully saturated rings. The van der Waals surface area contributed by atoms with E-state index in [4.69, 9.17) is 37.0 Å². The van der Waals surface area contributed by atoms with Crippen molar-refractivity contribution in [2.45, 2.75) is 388 Å². The van der Waals surface area contributed by atoms with Crippen LogP contribution in [-0.4, -0.2) is 96.7 Å². The van der Waals surface area contributed by atoms with Gasteiger partial charge in [-0.2, -0.15) is 0 Å². The van der Waals surface area contributed by atoms with E-state index in [1.165, 1.54) is 154 Å². The maximum Gasteiger partial charge on any atom is 0.472 e. The standard InChI is InChI=1S/C77H146O17P2/c1-8-11-12-13-14-15-16-17-18-22-25-31-36-44-51-58-74(79)87-64-72(93-76(81)60-53-46-37-32-26-23-20-19-21-24-29-34-41-48-55-68(4)5)66-91-95(83,84)89-62-71(78)63-90-96(85,86)92-67-73(65-88-75(80)59-52-45-40-39-43-50-57-70(7)10-3)94-77(82)61-54-47-38-33-28-27-30-35-42-49-56-69(6)9-2/h15-18,68-73,78H,8-14,19-67H2,1-7H3,(H,83,84)(H,85,86)/b16-15-,18-17-/t69?,70?,71-,72-,73-/m1/s1. The number of phosphoric acid groups is 2. The van der Waals surface area contributed by atoms with Gasteiger partial charge in [-0.15, -0.1) is 0 Å². The highest BCUT2D eigenvalue weighted by Crippen LogP contribution is 2.45. The molecule has 0 heterocycles. The maximum atomic E-state index is 13.1. The Morgan fingerprint density at radius 3 is 0.927 bits per heavy atom. The van der Waals surface area contributed by atoms with Crippen LogP contribution in [-0.2, 0) is 65.4 Å². The SMILES string of the molecule is CCCCCC/C=C\C=C/CCCCCCCC(=O)OC[C@H](COP(=O)(O)OC[C@@H](O)COP(=O)(O)OC[C@@H](COC(=O)CCCCCCCCC(C)CC)OC(=O)CCCCCCCCCCCCC(C)CC)OC(=O)CCCCCCCCCCCCCCCCC(C)C. The van der Waals surface area contributed by atoms with Gasteiger partial charge in [-0.3, -0.25) is 37.3 Å². The molecular formula is C77H146O17P2. The first-order chi connectivity index (χ1) is 46.3. The molecule has 0 aromatic carbocycles. The minimum absolute atomic E-state index is 0.100. The topological polar surface area (TPSA) is 237 Å². The van der Waals surface area contributed by atoms with Crippen LogP contribution in [0.2, 0.25) is 0 Å². The van der Waals surface area contributed by atoms with Crippen LogP contribution in [0.15, 0.2) is 24.3 Å². The molecule has 17 nitrogen and oxygen atoms in total. The number of ether oxygens (including phenoxy) is 4. The predicted molar refractivity (Wildman–Crippen MR) is 390 cm³/mol. The van der Waals surface area contributed by atoms with Crippen LogP contribution in [0, 0.1) is 17.8 Å². The van der Waals surface area contributed by atoms with Crippen molar-refractivity contribution in [1.82, 2.24) is 0 Å². The van der Waals surface area contributed by atoms with E-state index >= 15 is 0 Å². The van der Waals surface area contributed by atoms with E-state index in [9.17, 15) is 43.2 Å². The molecule has 0 spiro atoms. The molecular weight excluding hydrogens is 1260 g/mol.